The molecular formula is C19H25ClN2O6S. The van der Waals surface area contributed by atoms with Crippen molar-refractivity contribution in [1.29, 1.82) is 0 Å². The minimum absolute atomic E-state index is 0.00460. The third-order valence-corrected chi connectivity index (χ3v) is 7.77. The number of hydrogen-bond acceptors (Lipinski definition) is 5. The van der Waals surface area contributed by atoms with Crippen LogP contribution in [0, 0.1) is 11.8 Å². The van der Waals surface area contributed by atoms with Gasteiger partial charge in [-0.25, -0.2) is 8.42 Å². The molecule has 2 aliphatic rings. The fourth-order valence-corrected chi connectivity index (χ4v) is 5.51. The predicted octanol–water partition coefficient (Wildman–Crippen LogP) is 1.98. The Bertz CT molecular complexity index is 869. The molecule has 1 aromatic rings. The second kappa shape index (κ2) is 9.42. The fourth-order valence-electron chi connectivity index (χ4n) is 3.87. The highest BCUT2D eigenvalue weighted by atomic mass is 35.5. The molecule has 1 aliphatic heterocycles. The maximum atomic E-state index is 12.8. The van der Waals surface area contributed by atoms with Gasteiger partial charge in [-0.15, -0.1) is 0 Å². The predicted molar refractivity (Wildman–Crippen MR) is 106 cm³/mol. The second-order valence-corrected chi connectivity index (χ2v) is 9.70. The van der Waals surface area contributed by atoms with Crippen molar-refractivity contribution in [1.82, 2.24) is 9.62 Å². The molecule has 1 saturated heterocycles. The number of ether oxygens (including phenoxy) is 1. The van der Waals surface area contributed by atoms with Crippen molar-refractivity contribution in [2.24, 2.45) is 11.8 Å². The lowest BCUT2D eigenvalue weighted by Gasteiger charge is -2.28. The van der Waals surface area contributed by atoms with E-state index in [-0.39, 0.29) is 41.0 Å². The van der Waals surface area contributed by atoms with Crippen LogP contribution in [0.15, 0.2) is 23.1 Å². The van der Waals surface area contributed by atoms with Crippen molar-refractivity contribution >= 4 is 33.5 Å². The molecule has 1 aliphatic carbocycles. The van der Waals surface area contributed by atoms with Crippen LogP contribution in [0.5, 0.6) is 0 Å². The van der Waals surface area contributed by atoms with E-state index in [1.165, 1.54) is 22.5 Å². The standard InChI is InChI=1S/C19H25ClN2O6S/c20-17-6-5-14(29(26,27)22-7-9-28-10-8-22)11-16(17)18(23)21-12-13-3-1-2-4-15(13)19(24)25/h5-6,11,13,15H,1-4,7-10,12H2,(H,21,23)(H,24,25)/t13-,15-/m0/s1. The molecule has 0 unspecified atom stereocenters. The number of nitrogens with zero attached hydrogens (tertiary/aromatic N) is 1. The zero-order valence-corrected chi connectivity index (χ0v) is 17.5. The molecule has 0 bridgehead atoms. The van der Waals surface area contributed by atoms with Gasteiger partial charge in [-0.3, -0.25) is 9.59 Å². The Hall–Kier alpha value is -1.68. The SMILES string of the molecule is O=C(NC[C@@H]1CCCC[C@@H]1C(=O)O)c1cc(S(=O)(=O)N2CCOCC2)ccc1Cl. The van der Waals surface area contributed by atoms with E-state index in [2.05, 4.69) is 5.32 Å². The van der Waals surface area contributed by atoms with Crippen molar-refractivity contribution in [3.05, 3.63) is 28.8 Å². The molecule has 2 fully saturated rings. The number of nitrogens with one attached hydrogen (secondary N) is 1. The summed E-state index contributed by atoms with van der Waals surface area (Å²) in [5.74, 6) is -1.99. The third-order valence-electron chi connectivity index (χ3n) is 5.54. The molecular weight excluding hydrogens is 420 g/mol. The van der Waals surface area contributed by atoms with E-state index < -0.39 is 27.8 Å². The summed E-state index contributed by atoms with van der Waals surface area (Å²) in [4.78, 5) is 24.1. The molecule has 1 saturated carbocycles. The second-order valence-electron chi connectivity index (χ2n) is 7.36. The van der Waals surface area contributed by atoms with Crippen molar-refractivity contribution in [3.63, 3.8) is 0 Å². The van der Waals surface area contributed by atoms with Crippen LogP contribution in [0.2, 0.25) is 5.02 Å². The Kier molecular flexibility index (Phi) is 7.15. The summed E-state index contributed by atoms with van der Waals surface area (Å²) in [6.45, 7) is 1.38. The van der Waals surface area contributed by atoms with Crippen molar-refractivity contribution in [2.75, 3.05) is 32.8 Å². The Morgan fingerprint density at radius 3 is 2.59 bits per heavy atom. The van der Waals surface area contributed by atoms with Gasteiger partial charge in [0.25, 0.3) is 5.91 Å². The van der Waals surface area contributed by atoms with Crippen molar-refractivity contribution < 1.29 is 27.9 Å². The van der Waals surface area contributed by atoms with Gasteiger partial charge in [0.2, 0.25) is 10.0 Å². The van der Waals surface area contributed by atoms with Crippen molar-refractivity contribution in [3.8, 4) is 0 Å². The van der Waals surface area contributed by atoms with E-state index in [1.807, 2.05) is 0 Å². The molecule has 0 aromatic heterocycles. The van der Waals surface area contributed by atoms with Crippen LogP contribution in [0.3, 0.4) is 0 Å². The monoisotopic (exact) mass is 444 g/mol. The summed E-state index contributed by atoms with van der Waals surface area (Å²) >= 11 is 6.14. The fraction of sp³-hybridized carbons (Fsp3) is 0.579. The summed E-state index contributed by atoms with van der Waals surface area (Å²) in [7, 11) is -3.75. The van der Waals surface area contributed by atoms with Crippen LogP contribution >= 0.6 is 11.6 Å². The highest BCUT2D eigenvalue weighted by Gasteiger charge is 2.31. The van der Waals surface area contributed by atoms with Crippen molar-refractivity contribution in [2.45, 2.75) is 30.6 Å². The molecule has 160 valence electrons. The van der Waals surface area contributed by atoms with Crippen LogP contribution in [-0.2, 0) is 19.6 Å². The van der Waals surface area contributed by atoms with Gasteiger partial charge in [-0.2, -0.15) is 4.31 Å². The van der Waals surface area contributed by atoms with Gasteiger partial charge in [-0.1, -0.05) is 24.4 Å². The van der Waals surface area contributed by atoms with Gasteiger partial charge < -0.3 is 15.2 Å². The number of carbonyl (C=O) groups excluding carboxylic acids is 1. The summed E-state index contributed by atoms with van der Waals surface area (Å²) in [6, 6.07) is 4.05. The highest BCUT2D eigenvalue weighted by molar-refractivity contribution is 7.89. The Morgan fingerprint density at radius 2 is 1.90 bits per heavy atom. The van der Waals surface area contributed by atoms with Crippen LogP contribution in [-0.4, -0.2) is 62.6 Å². The molecule has 0 radical (unpaired) electrons. The number of benzene rings is 1. The smallest absolute Gasteiger partial charge is 0.306 e. The summed E-state index contributed by atoms with van der Waals surface area (Å²) in [5, 5.41) is 12.2. The number of amides is 1. The van der Waals surface area contributed by atoms with Crippen LogP contribution in [0.25, 0.3) is 0 Å². The first kappa shape index (κ1) is 22.0. The number of carboxylic acids is 1. The summed E-state index contributed by atoms with van der Waals surface area (Å²) in [6.07, 6.45) is 3.13. The van der Waals surface area contributed by atoms with E-state index in [9.17, 15) is 23.1 Å². The molecule has 3 rings (SSSR count). The molecule has 2 N–H and O–H groups in total. The maximum Gasteiger partial charge on any atom is 0.306 e. The zero-order valence-electron chi connectivity index (χ0n) is 16.0. The minimum Gasteiger partial charge on any atom is -0.481 e. The molecule has 10 heteroatoms. The molecule has 8 nitrogen and oxygen atoms in total. The van der Waals surface area contributed by atoms with Gasteiger partial charge in [-0.05, 0) is 37.0 Å². The topological polar surface area (TPSA) is 113 Å². The molecule has 1 amide bonds. The van der Waals surface area contributed by atoms with E-state index in [1.54, 1.807) is 0 Å². The zero-order chi connectivity index (χ0) is 21.0. The number of carboxylic acid groups (broad SMARTS) is 1. The molecule has 2 atom stereocenters. The average Bonchev–Trinajstić information content (AvgIpc) is 2.73. The summed E-state index contributed by atoms with van der Waals surface area (Å²) < 4.78 is 32.2. The molecule has 1 aromatic carbocycles. The van der Waals surface area contributed by atoms with Crippen LogP contribution in [0.1, 0.15) is 36.0 Å². The van der Waals surface area contributed by atoms with E-state index in [0.29, 0.717) is 19.6 Å². The van der Waals surface area contributed by atoms with Gasteiger partial charge in [0.05, 0.1) is 34.6 Å². The number of aliphatic carboxylic acids is 1. The lowest BCUT2D eigenvalue weighted by atomic mass is 9.79. The van der Waals surface area contributed by atoms with E-state index >= 15 is 0 Å². The number of hydrogen-bond donors (Lipinski definition) is 2. The lowest BCUT2D eigenvalue weighted by Crippen LogP contribution is -2.40. The lowest BCUT2D eigenvalue weighted by molar-refractivity contribution is -0.144. The number of morpholine rings is 1. The molecule has 1 heterocycles. The number of sulfonamides is 1. The molecule has 29 heavy (non-hydrogen) atoms. The number of carbonyl (C=O) groups is 2. The van der Waals surface area contributed by atoms with Gasteiger partial charge in [0, 0.05) is 19.6 Å². The highest BCUT2D eigenvalue weighted by Crippen LogP contribution is 2.30. The Morgan fingerprint density at radius 1 is 1.21 bits per heavy atom. The third kappa shape index (κ3) is 5.09. The molecule has 0 spiro atoms. The summed E-state index contributed by atoms with van der Waals surface area (Å²) in [5.41, 5.74) is 0.0590. The minimum atomic E-state index is -3.75. The van der Waals surface area contributed by atoms with Gasteiger partial charge >= 0.3 is 5.97 Å². The first-order valence-corrected chi connectivity index (χ1v) is 11.5. The largest absolute Gasteiger partial charge is 0.481 e. The normalized spacial score (nSPS) is 23.5. The number of halogens is 1. The maximum absolute atomic E-state index is 12.8. The first-order valence-electron chi connectivity index (χ1n) is 9.69. The first-order chi connectivity index (χ1) is 13.8. The Labute approximate surface area is 175 Å². The quantitative estimate of drug-likeness (QED) is 0.693. The van der Waals surface area contributed by atoms with E-state index in [4.69, 9.17) is 16.3 Å². The van der Waals surface area contributed by atoms with Crippen LogP contribution < -0.4 is 5.32 Å². The van der Waals surface area contributed by atoms with Crippen LogP contribution in [0.4, 0.5) is 0 Å². The average molecular weight is 445 g/mol. The van der Waals surface area contributed by atoms with Gasteiger partial charge in [0.15, 0.2) is 0 Å². The number of rotatable bonds is 6. The Balaban J connectivity index is 1.73. The van der Waals surface area contributed by atoms with Gasteiger partial charge in [0.1, 0.15) is 0 Å². The van der Waals surface area contributed by atoms with E-state index in [0.717, 1.165) is 19.3 Å².